The number of benzene rings is 1. The lowest BCUT2D eigenvalue weighted by Crippen LogP contribution is -2.34. The summed E-state index contributed by atoms with van der Waals surface area (Å²) in [5.74, 6) is -0.0929. The number of fused-ring (bicyclic) bond motifs is 3. The number of hydrogen-bond donors (Lipinski definition) is 1. The van der Waals surface area contributed by atoms with Crippen LogP contribution in [0.25, 0.3) is 22.0 Å². The van der Waals surface area contributed by atoms with Crippen molar-refractivity contribution in [2.45, 2.75) is 6.54 Å². The maximum atomic E-state index is 12.1. The van der Waals surface area contributed by atoms with Crippen LogP contribution in [-0.2, 0) is 6.54 Å². The van der Waals surface area contributed by atoms with E-state index in [2.05, 4.69) is 16.4 Å². The summed E-state index contributed by atoms with van der Waals surface area (Å²) in [6, 6.07) is 11.3. The van der Waals surface area contributed by atoms with Gasteiger partial charge in [0.1, 0.15) is 10.8 Å². The Balaban J connectivity index is 2.10. The minimum atomic E-state index is -0.0929. The first-order valence-corrected chi connectivity index (χ1v) is 7.52. The van der Waals surface area contributed by atoms with Crippen LogP contribution in [0.1, 0.15) is 16.1 Å². The lowest BCUT2D eigenvalue weighted by molar-refractivity contribution is 0.0929. The number of carbonyl (C=O) groups excluding carboxylic acids is 1. The first-order valence-electron chi connectivity index (χ1n) is 7.15. The quantitative estimate of drug-likeness (QED) is 0.700. The number of aromatic nitrogens is 2. The molecule has 23 heavy (non-hydrogen) atoms. The van der Waals surface area contributed by atoms with Crippen molar-refractivity contribution in [3.05, 3.63) is 52.9 Å². The molecule has 6 heteroatoms. The number of nitriles is 1. The van der Waals surface area contributed by atoms with Crippen LogP contribution in [0.3, 0.4) is 0 Å². The monoisotopic (exact) mass is 322 g/mol. The van der Waals surface area contributed by atoms with Crippen LogP contribution in [0.4, 0.5) is 0 Å². The smallest absolute Gasteiger partial charge is 0.268 e. The van der Waals surface area contributed by atoms with Crippen LogP contribution >= 0.6 is 11.6 Å². The molecule has 0 spiro atoms. The molecule has 1 N–H and O–H groups in total. The van der Waals surface area contributed by atoms with E-state index in [1.807, 2.05) is 22.8 Å². The third kappa shape index (κ3) is 2.16. The molecule has 0 bridgehead atoms. The zero-order chi connectivity index (χ0) is 16.0. The van der Waals surface area contributed by atoms with Crippen molar-refractivity contribution in [3.63, 3.8) is 0 Å². The summed E-state index contributed by atoms with van der Waals surface area (Å²) in [6.45, 7) is 1.29. The predicted molar refractivity (Wildman–Crippen MR) is 87.2 cm³/mol. The highest BCUT2D eigenvalue weighted by Crippen LogP contribution is 2.34. The Bertz CT molecular complexity index is 1000. The fraction of sp³-hybridized carbons (Fsp3) is 0.118. The van der Waals surface area contributed by atoms with Gasteiger partial charge in [0.25, 0.3) is 5.91 Å². The van der Waals surface area contributed by atoms with Gasteiger partial charge >= 0.3 is 0 Å². The van der Waals surface area contributed by atoms with Gasteiger partial charge in [0.05, 0.1) is 17.1 Å². The molecule has 1 amide bonds. The van der Waals surface area contributed by atoms with Crippen LogP contribution in [0.15, 0.2) is 36.5 Å². The van der Waals surface area contributed by atoms with Crippen LogP contribution in [0.2, 0.25) is 5.15 Å². The van der Waals surface area contributed by atoms with Gasteiger partial charge in [-0.25, -0.2) is 4.98 Å². The van der Waals surface area contributed by atoms with Crippen molar-refractivity contribution in [2.24, 2.45) is 0 Å². The van der Waals surface area contributed by atoms with Gasteiger partial charge in [-0.15, -0.1) is 0 Å². The number of amides is 1. The Kier molecular flexibility index (Phi) is 3.07. The van der Waals surface area contributed by atoms with Gasteiger partial charge in [-0.2, -0.15) is 5.26 Å². The summed E-state index contributed by atoms with van der Waals surface area (Å²) < 4.78 is 2.00. The molecule has 2 aromatic heterocycles. The summed E-state index contributed by atoms with van der Waals surface area (Å²) in [5.41, 5.74) is 3.85. The second-order valence-electron chi connectivity index (χ2n) is 5.38. The SMILES string of the molecule is N#Cc1cc(-c2ccnc(Cl)c2)c2c(c1)cc1n2CCNC1=O. The second-order valence-corrected chi connectivity index (χ2v) is 5.77. The molecule has 0 aliphatic carbocycles. The van der Waals surface area contributed by atoms with Crippen LogP contribution < -0.4 is 5.32 Å². The van der Waals surface area contributed by atoms with Crippen molar-refractivity contribution in [3.8, 4) is 17.2 Å². The normalized spacial score (nSPS) is 13.5. The van der Waals surface area contributed by atoms with Crippen molar-refractivity contribution >= 4 is 28.4 Å². The van der Waals surface area contributed by atoms with E-state index in [1.54, 1.807) is 18.3 Å². The fourth-order valence-electron chi connectivity index (χ4n) is 3.06. The Morgan fingerprint density at radius 2 is 2.17 bits per heavy atom. The van der Waals surface area contributed by atoms with E-state index in [-0.39, 0.29) is 5.91 Å². The highest BCUT2D eigenvalue weighted by Gasteiger charge is 2.22. The highest BCUT2D eigenvalue weighted by atomic mass is 35.5. The number of pyridine rings is 1. The number of halogens is 1. The number of carbonyl (C=O) groups is 1. The number of rotatable bonds is 1. The maximum absolute atomic E-state index is 12.1. The Morgan fingerprint density at radius 1 is 1.30 bits per heavy atom. The van der Waals surface area contributed by atoms with Gasteiger partial charge in [-0.05, 0) is 35.9 Å². The Morgan fingerprint density at radius 3 is 2.96 bits per heavy atom. The summed E-state index contributed by atoms with van der Waals surface area (Å²) in [6.07, 6.45) is 1.63. The molecule has 0 unspecified atom stereocenters. The molecule has 3 heterocycles. The molecule has 3 aromatic rings. The molecule has 4 rings (SSSR count). The molecular formula is C17H11ClN4O. The van der Waals surface area contributed by atoms with E-state index >= 15 is 0 Å². The first kappa shape index (κ1) is 13.8. The summed E-state index contributed by atoms with van der Waals surface area (Å²) >= 11 is 6.01. The average molecular weight is 323 g/mol. The van der Waals surface area contributed by atoms with Crippen molar-refractivity contribution in [1.82, 2.24) is 14.9 Å². The van der Waals surface area contributed by atoms with E-state index in [0.29, 0.717) is 29.5 Å². The maximum Gasteiger partial charge on any atom is 0.268 e. The van der Waals surface area contributed by atoms with Gasteiger partial charge in [0.15, 0.2) is 0 Å². The lowest BCUT2D eigenvalue weighted by Gasteiger charge is -2.18. The molecule has 1 aromatic carbocycles. The zero-order valence-corrected chi connectivity index (χ0v) is 12.8. The first-order chi connectivity index (χ1) is 11.2. The van der Waals surface area contributed by atoms with Crippen LogP contribution in [-0.4, -0.2) is 22.0 Å². The minimum absolute atomic E-state index is 0.0929. The molecule has 5 nitrogen and oxygen atoms in total. The van der Waals surface area contributed by atoms with E-state index in [1.165, 1.54) is 0 Å². The fourth-order valence-corrected chi connectivity index (χ4v) is 3.23. The molecule has 0 saturated carbocycles. The molecule has 0 saturated heterocycles. The van der Waals surface area contributed by atoms with Gasteiger partial charge in [-0.1, -0.05) is 11.6 Å². The molecule has 112 valence electrons. The molecule has 0 fully saturated rings. The number of hydrogen-bond acceptors (Lipinski definition) is 3. The highest BCUT2D eigenvalue weighted by molar-refractivity contribution is 6.29. The van der Waals surface area contributed by atoms with Crippen molar-refractivity contribution in [2.75, 3.05) is 6.54 Å². The summed E-state index contributed by atoms with van der Waals surface area (Å²) in [5, 5.41) is 13.4. The Hall–Kier alpha value is -2.84. The van der Waals surface area contributed by atoms with Gasteiger partial charge in [0.2, 0.25) is 0 Å². The van der Waals surface area contributed by atoms with Gasteiger partial charge < -0.3 is 9.88 Å². The van der Waals surface area contributed by atoms with E-state index in [4.69, 9.17) is 11.6 Å². The zero-order valence-electron chi connectivity index (χ0n) is 12.0. The largest absolute Gasteiger partial charge is 0.349 e. The third-order valence-electron chi connectivity index (χ3n) is 4.01. The lowest BCUT2D eigenvalue weighted by atomic mass is 10.0. The molecular weight excluding hydrogens is 312 g/mol. The predicted octanol–water partition coefficient (Wildman–Crippen LogP) is 2.97. The van der Waals surface area contributed by atoms with Crippen LogP contribution in [0.5, 0.6) is 0 Å². The van der Waals surface area contributed by atoms with Gasteiger partial charge in [0, 0.05) is 30.2 Å². The van der Waals surface area contributed by atoms with Crippen molar-refractivity contribution < 1.29 is 4.79 Å². The third-order valence-corrected chi connectivity index (χ3v) is 4.22. The Labute approximate surface area is 137 Å². The number of nitrogens with zero attached hydrogens (tertiary/aromatic N) is 3. The number of nitrogens with one attached hydrogen (secondary N) is 1. The summed E-state index contributed by atoms with van der Waals surface area (Å²) in [4.78, 5) is 16.1. The topological polar surface area (TPSA) is 70.7 Å². The molecule has 0 radical (unpaired) electrons. The van der Waals surface area contributed by atoms with E-state index in [0.717, 1.165) is 22.0 Å². The van der Waals surface area contributed by atoms with E-state index < -0.39 is 0 Å². The van der Waals surface area contributed by atoms with E-state index in [9.17, 15) is 10.1 Å². The molecule has 0 atom stereocenters. The summed E-state index contributed by atoms with van der Waals surface area (Å²) in [7, 11) is 0. The molecule has 1 aliphatic heterocycles. The van der Waals surface area contributed by atoms with Gasteiger partial charge in [-0.3, -0.25) is 4.79 Å². The second kappa shape index (κ2) is 5.11. The standard InChI is InChI=1S/C17H11ClN4O/c18-15-8-11(1-2-20-15)13-6-10(9-19)5-12-7-14-17(23)21-3-4-22(14)16(12)13/h1-2,5-8H,3-4H2,(H,21,23). The average Bonchev–Trinajstić information content (AvgIpc) is 2.94. The minimum Gasteiger partial charge on any atom is -0.349 e. The molecule has 1 aliphatic rings. The van der Waals surface area contributed by atoms with Crippen LogP contribution in [0, 0.1) is 11.3 Å². The van der Waals surface area contributed by atoms with Crippen molar-refractivity contribution in [1.29, 1.82) is 5.26 Å².